The van der Waals surface area contributed by atoms with E-state index >= 15 is 0 Å². The lowest BCUT2D eigenvalue weighted by molar-refractivity contribution is -0.138. The second kappa shape index (κ2) is 13.3. The molecule has 2 aromatic rings. The summed E-state index contributed by atoms with van der Waals surface area (Å²) in [5.41, 5.74) is 9.05. The van der Waals surface area contributed by atoms with Crippen LogP contribution in [0.5, 0.6) is 0 Å². The fraction of sp³-hybridized carbons (Fsp3) is 0.455. The summed E-state index contributed by atoms with van der Waals surface area (Å²) in [6.07, 6.45) is 3.71. The number of rotatable bonds is 13. The van der Waals surface area contributed by atoms with E-state index in [2.05, 4.69) is 27.2 Å². The highest BCUT2D eigenvalue weighted by Gasteiger charge is 2.36. The number of carbonyl (C=O) groups excluding carboxylic acids is 2. The number of amides is 2. The van der Waals surface area contributed by atoms with Crippen molar-refractivity contribution in [3.05, 3.63) is 74.5 Å². The van der Waals surface area contributed by atoms with Gasteiger partial charge in [0.05, 0.1) is 11.7 Å². The number of aromatic amines is 2. The Balaban J connectivity index is 1.78. The minimum atomic E-state index is -0.911. The van der Waals surface area contributed by atoms with E-state index in [-0.39, 0.29) is 42.5 Å². The van der Waals surface area contributed by atoms with Crippen molar-refractivity contribution in [2.75, 3.05) is 0 Å². The standard InChI is InChI=1S/C33H42N4O6S/c1-7-19-18(6)32(42)37-30(19)31(44)29-17(5)22(10-12-28(40)41)26(35-29)14-25-21(9-11-27(38)39)16(4)23(34-25)13-24-15(3)20(8-2)33(43)36-24/h8,18-19,24,34-35,44H,2,7,9-14H2,1,3-6H3,(H,36,43)(H,37,42)(H,38,39)(H,40,41)/b31-30-/t18-,19-,24-/m1/s1. The minimum absolute atomic E-state index is 0.00459. The zero-order valence-corrected chi connectivity index (χ0v) is 26.8. The first-order chi connectivity index (χ1) is 20.8. The van der Waals surface area contributed by atoms with Crippen LogP contribution in [0.1, 0.15) is 85.1 Å². The summed E-state index contributed by atoms with van der Waals surface area (Å²) in [5, 5.41) is 25.0. The fourth-order valence-electron chi connectivity index (χ4n) is 6.59. The summed E-state index contributed by atoms with van der Waals surface area (Å²) in [6, 6.07) is -0.215. The number of aromatic nitrogens is 2. The van der Waals surface area contributed by atoms with E-state index in [4.69, 9.17) is 12.6 Å². The van der Waals surface area contributed by atoms with E-state index in [0.717, 1.165) is 62.7 Å². The smallest absolute Gasteiger partial charge is 0.303 e. The summed E-state index contributed by atoms with van der Waals surface area (Å²) in [7, 11) is 0. The molecular formula is C33H42N4O6S. The average Bonchev–Trinajstić information content (AvgIpc) is 3.62. The lowest BCUT2D eigenvalue weighted by Gasteiger charge is -2.14. The Kier molecular flexibility index (Phi) is 9.98. The van der Waals surface area contributed by atoms with Crippen molar-refractivity contribution in [2.45, 2.75) is 85.6 Å². The Labute approximate surface area is 262 Å². The largest absolute Gasteiger partial charge is 0.481 e. The van der Waals surface area contributed by atoms with Gasteiger partial charge in [-0.05, 0) is 67.9 Å². The second-order valence-electron chi connectivity index (χ2n) is 11.8. The first-order valence-electron chi connectivity index (χ1n) is 15.0. The maximum Gasteiger partial charge on any atom is 0.303 e. The van der Waals surface area contributed by atoms with Crippen molar-refractivity contribution in [3.63, 3.8) is 0 Å². The third-order valence-electron chi connectivity index (χ3n) is 9.26. The molecule has 2 aliphatic heterocycles. The Morgan fingerprint density at radius 1 is 0.955 bits per heavy atom. The van der Waals surface area contributed by atoms with E-state index in [9.17, 15) is 29.4 Å². The molecule has 2 aliphatic rings. The van der Waals surface area contributed by atoms with Crippen LogP contribution < -0.4 is 10.6 Å². The van der Waals surface area contributed by atoms with Crippen molar-refractivity contribution in [1.29, 1.82) is 0 Å². The Morgan fingerprint density at radius 2 is 1.55 bits per heavy atom. The van der Waals surface area contributed by atoms with E-state index in [1.54, 1.807) is 6.08 Å². The zero-order valence-electron chi connectivity index (χ0n) is 25.9. The molecule has 4 heterocycles. The third kappa shape index (κ3) is 6.43. The van der Waals surface area contributed by atoms with Gasteiger partial charge >= 0.3 is 11.9 Å². The van der Waals surface area contributed by atoms with Crippen molar-refractivity contribution in [1.82, 2.24) is 20.6 Å². The monoisotopic (exact) mass is 622 g/mol. The van der Waals surface area contributed by atoms with Crippen LogP contribution in [0.2, 0.25) is 0 Å². The number of hydrogen-bond acceptors (Lipinski definition) is 5. The maximum absolute atomic E-state index is 12.5. The molecule has 3 atom stereocenters. The molecule has 0 bridgehead atoms. The fourth-order valence-corrected chi connectivity index (χ4v) is 7.03. The molecule has 1 saturated heterocycles. The van der Waals surface area contributed by atoms with Gasteiger partial charge in [-0.2, -0.15) is 0 Å². The topological polar surface area (TPSA) is 164 Å². The molecule has 0 saturated carbocycles. The summed E-state index contributed by atoms with van der Waals surface area (Å²) in [6.45, 7) is 13.5. The molecule has 236 valence electrons. The number of carboxylic acids is 2. The summed E-state index contributed by atoms with van der Waals surface area (Å²) < 4.78 is 0. The molecule has 2 aromatic heterocycles. The molecule has 1 fully saturated rings. The molecule has 44 heavy (non-hydrogen) atoms. The molecule has 2 amide bonds. The summed E-state index contributed by atoms with van der Waals surface area (Å²) in [4.78, 5) is 55.7. The van der Waals surface area contributed by atoms with Crippen LogP contribution >= 0.6 is 12.6 Å². The first kappa shape index (κ1) is 32.9. The number of aliphatic carboxylic acids is 2. The van der Waals surface area contributed by atoms with Crippen LogP contribution in [0, 0.1) is 25.7 Å². The average molecular weight is 623 g/mol. The highest BCUT2D eigenvalue weighted by molar-refractivity contribution is 7.90. The Bertz CT molecular complexity index is 1590. The summed E-state index contributed by atoms with van der Waals surface area (Å²) >= 11 is 4.87. The number of carbonyl (C=O) groups is 4. The van der Waals surface area contributed by atoms with Crippen LogP contribution in [-0.2, 0) is 44.9 Å². The van der Waals surface area contributed by atoms with Crippen molar-refractivity contribution < 1.29 is 29.4 Å². The van der Waals surface area contributed by atoms with E-state index in [1.165, 1.54) is 0 Å². The predicted octanol–water partition coefficient (Wildman–Crippen LogP) is 4.52. The molecule has 11 heteroatoms. The lowest BCUT2D eigenvalue weighted by atomic mass is 9.91. The quantitative estimate of drug-likeness (QED) is 0.162. The molecule has 10 nitrogen and oxygen atoms in total. The molecule has 6 N–H and O–H groups in total. The van der Waals surface area contributed by atoms with Crippen LogP contribution in [0.3, 0.4) is 0 Å². The van der Waals surface area contributed by atoms with Gasteiger partial charge in [-0.25, -0.2) is 0 Å². The van der Waals surface area contributed by atoms with Gasteiger partial charge in [-0.15, -0.1) is 12.6 Å². The number of allylic oxidation sites excluding steroid dienone is 1. The Hall–Kier alpha value is -3.99. The Morgan fingerprint density at radius 3 is 2.09 bits per heavy atom. The van der Waals surface area contributed by atoms with Crippen molar-refractivity contribution in [2.24, 2.45) is 11.8 Å². The third-order valence-corrected chi connectivity index (χ3v) is 9.72. The normalized spacial score (nSPS) is 21.1. The molecule has 0 radical (unpaired) electrons. The van der Waals surface area contributed by atoms with Gasteiger partial charge in [0.15, 0.2) is 0 Å². The highest BCUT2D eigenvalue weighted by Crippen LogP contribution is 2.38. The van der Waals surface area contributed by atoms with Gasteiger partial charge < -0.3 is 30.8 Å². The van der Waals surface area contributed by atoms with Crippen molar-refractivity contribution in [3.8, 4) is 0 Å². The van der Waals surface area contributed by atoms with Gasteiger partial charge in [0.25, 0.3) is 5.91 Å². The van der Waals surface area contributed by atoms with E-state index in [0.29, 0.717) is 36.2 Å². The predicted molar refractivity (Wildman–Crippen MR) is 171 cm³/mol. The number of hydrogen-bond donors (Lipinski definition) is 7. The maximum atomic E-state index is 12.5. The molecule has 0 aliphatic carbocycles. The number of thiol groups is 1. The lowest BCUT2D eigenvalue weighted by Crippen LogP contribution is -2.30. The number of carboxylic acid groups (broad SMARTS) is 2. The molecule has 4 rings (SSSR count). The highest BCUT2D eigenvalue weighted by atomic mass is 32.1. The van der Waals surface area contributed by atoms with Gasteiger partial charge in [0, 0.05) is 70.8 Å². The minimum Gasteiger partial charge on any atom is -0.481 e. The summed E-state index contributed by atoms with van der Waals surface area (Å²) in [5.74, 6) is -2.20. The van der Waals surface area contributed by atoms with Gasteiger partial charge in [-0.3, -0.25) is 19.2 Å². The van der Waals surface area contributed by atoms with E-state index in [1.807, 2.05) is 34.6 Å². The van der Waals surface area contributed by atoms with E-state index < -0.39 is 11.9 Å². The van der Waals surface area contributed by atoms with Gasteiger partial charge in [-0.1, -0.05) is 26.5 Å². The van der Waals surface area contributed by atoms with Crippen LogP contribution in [-0.4, -0.2) is 50.0 Å². The molecule has 0 spiro atoms. The van der Waals surface area contributed by atoms with Gasteiger partial charge in [0.2, 0.25) is 5.91 Å². The zero-order chi connectivity index (χ0) is 32.5. The molecular weight excluding hydrogens is 580 g/mol. The number of H-pyrrole nitrogens is 2. The van der Waals surface area contributed by atoms with Crippen LogP contribution in [0.15, 0.2) is 29.5 Å². The van der Waals surface area contributed by atoms with Crippen LogP contribution in [0.4, 0.5) is 0 Å². The SMILES string of the molecule is C=CC1=C(C)[C@@H](Cc2[nH]c(Cc3[nH]c(/C(S)=C4/NC(=O)[C@H](C)[C@H]4CC)c(C)c3CCC(=O)O)c(CCC(=O)O)c2C)NC1=O. The second-order valence-corrected chi connectivity index (χ2v) is 12.3. The first-order valence-corrected chi connectivity index (χ1v) is 15.4. The molecule has 0 aromatic carbocycles. The van der Waals surface area contributed by atoms with Crippen LogP contribution in [0.25, 0.3) is 4.91 Å². The van der Waals surface area contributed by atoms with Gasteiger partial charge in [0.1, 0.15) is 0 Å². The molecule has 0 unspecified atom stereocenters. The van der Waals surface area contributed by atoms with Crippen molar-refractivity contribution >= 4 is 41.3 Å². The number of nitrogens with one attached hydrogen (secondary N) is 4.